The summed E-state index contributed by atoms with van der Waals surface area (Å²) >= 11 is 0. The fourth-order valence-electron chi connectivity index (χ4n) is 2.48. The third kappa shape index (κ3) is 4.33. The van der Waals surface area contributed by atoms with Crippen LogP contribution < -0.4 is 20.1 Å². The van der Waals surface area contributed by atoms with Gasteiger partial charge in [0.25, 0.3) is 5.91 Å². The first-order valence-corrected chi connectivity index (χ1v) is 8.30. The van der Waals surface area contributed by atoms with E-state index in [9.17, 15) is 4.79 Å². The monoisotopic (exact) mass is 364 g/mol. The van der Waals surface area contributed by atoms with Gasteiger partial charge in [-0.3, -0.25) is 4.79 Å². The Hall–Kier alpha value is -3.61. The summed E-state index contributed by atoms with van der Waals surface area (Å²) in [7, 11) is 3.15. The number of ether oxygens (including phenoxy) is 2. The van der Waals surface area contributed by atoms with Crippen LogP contribution in [0.1, 0.15) is 16.1 Å². The van der Waals surface area contributed by atoms with Gasteiger partial charge in [-0.1, -0.05) is 18.2 Å². The number of nitrogens with one attached hydrogen (secondary N) is 2. The largest absolute Gasteiger partial charge is 0.493 e. The lowest BCUT2D eigenvalue weighted by molar-refractivity contribution is 0.102. The van der Waals surface area contributed by atoms with E-state index in [4.69, 9.17) is 9.47 Å². The number of nitrogens with zero attached hydrogens (tertiary/aromatic N) is 2. The van der Waals surface area contributed by atoms with Gasteiger partial charge < -0.3 is 20.1 Å². The molecule has 2 aromatic carbocycles. The van der Waals surface area contributed by atoms with Crippen LogP contribution in [0.4, 0.5) is 17.2 Å². The first-order chi connectivity index (χ1) is 13.1. The first kappa shape index (κ1) is 18.2. The molecule has 0 spiro atoms. The number of carbonyl (C=O) groups is 1. The number of amides is 1. The highest BCUT2D eigenvalue weighted by Gasteiger charge is 2.10. The van der Waals surface area contributed by atoms with E-state index in [2.05, 4.69) is 20.8 Å². The van der Waals surface area contributed by atoms with Crippen LogP contribution in [0.25, 0.3) is 0 Å². The lowest BCUT2D eigenvalue weighted by Gasteiger charge is -2.11. The number of anilines is 3. The molecule has 0 atom stereocenters. The number of para-hydroxylation sites is 1. The summed E-state index contributed by atoms with van der Waals surface area (Å²) < 4.78 is 10.5. The molecule has 3 aromatic rings. The van der Waals surface area contributed by atoms with Crippen LogP contribution in [0.2, 0.25) is 0 Å². The summed E-state index contributed by atoms with van der Waals surface area (Å²) in [4.78, 5) is 12.3. The zero-order valence-corrected chi connectivity index (χ0v) is 15.3. The van der Waals surface area contributed by atoms with Crippen LogP contribution >= 0.6 is 0 Å². The molecule has 1 amide bonds. The van der Waals surface area contributed by atoms with E-state index in [1.165, 1.54) is 0 Å². The molecule has 2 N–H and O–H groups in total. The minimum atomic E-state index is -0.311. The lowest BCUT2D eigenvalue weighted by Crippen LogP contribution is -2.15. The molecular weight excluding hydrogens is 344 g/mol. The summed E-state index contributed by atoms with van der Waals surface area (Å²) in [5.41, 5.74) is 2.72. The highest BCUT2D eigenvalue weighted by atomic mass is 16.5. The molecule has 0 radical (unpaired) electrons. The van der Waals surface area contributed by atoms with Crippen LogP contribution in [0.3, 0.4) is 0 Å². The number of methoxy groups -OCH3 is 2. The molecule has 0 aliphatic heterocycles. The fourth-order valence-corrected chi connectivity index (χ4v) is 2.48. The second kappa shape index (κ2) is 8.18. The topological polar surface area (TPSA) is 85.4 Å². The number of aromatic nitrogens is 2. The predicted molar refractivity (Wildman–Crippen MR) is 104 cm³/mol. The van der Waals surface area contributed by atoms with Crippen molar-refractivity contribution in [3.05, 3.63) is 65.9 Å². The average molecular weight is 364 g/mol. The smallest absolute Gasteiger partial charge is 0.276 e. The molecule has 1 aromatic heterocycles. The van der Waals surface area contributed by atoms with E-state index in [1.54, 1.807) is 38.5 Å². The van der Waals surface area contributed by atoms with E-state index >= 15 is 0 Å². The van der Waals surface area contributed by atoms with Gasteiger partial charge in [0.1, 0.15) is 0 Å². The Bertz CT molecular complexity index is 942. The van der Waals surface area contributed by atoms with Crippen molar-refractivity contribution in [3.8, 4) is 11.5 Å². The van der Waals surface area contributed by atoms with Crippen LogP contribution in [-0.4, -0.2) is 30.3 Å². The molecule has 0 saturated carbocycles. The fraction of sp³-hybridized carbons (Fsp3) is 0.150. The number of carbonyl (C=O) groups excluding carboxylic acids is 1. The van der Waals surface area contributed by atoms with Gasteiger partial charge in [-0.15, -0.1) is 10.2 Å². The molecule has 138 valence electrons. The number of hydrogen-bond donors (Lipinski definition) is 2. The Morgan fingerprint density at radius 2 is 1.70 bits per heavy atom. The van der Waals surface area contributed by atoms with Crippen molar-refractivity contribution >= 4 is 23.1 Å². The van der Waals surface area contributed by atoms with Gasteiger partial charge in [-0.25, -0.2) is 0 Å². The summed E-state index contributed by atoms with van der Waals surface area (Å²) in [5.74, 6) is 1.44. The predicted octanol–water partition coefficient (Wildman–Crippen LogP) is 3.80. The molecular formula is C20H20N4O3. The number of hydrogen-bond acceptors (Lipinski definition) is 6. The zero-order valence-electron chi connectivity index (χ0n) is 15.3. The molecule has 0 bridgehead atoms. The van der Waals surface area contributed by atoms with Crippen LogP contribution in [0.5, 0.6) is 11.5 Å². The van der Waals surface area contributed by atoms with Crippen molar-refractivity contribution in [1.29, 1.82) is 0 Å². The maximum atomic E-state index is 12.3. The Labute approximate surface area is 157 Å². The second-order valence-electron chi connectivity index (χ2n) is 5.77. The van der Waals surface area contributed by atoms with Crippen LogP contribution in [-0.2, 0) is 0 Å². The average Bonchev–Trinajstić information content (AvgIpc) is 2.70. The van der Waals surface area contributed by atoms with Crippen molar-refractivity contribution in [2.45, 2.75) is 6.92 Å². The summed E-state index contributed by atoms with van der Waals surface area (Å²) in [6.45, 7) is 1.93. The summed E-state index contributed by atoms with van der Waals surface area (Å²) in [6.07, 6.45) is 0. The molecule has 7 nitrogen and oxygen atoms in total. The maximum Gasteiger partial charge on any atom is 0.276 e. The van der Waals surface area contributed by atoms with Gasteiger partial charge in [0, 0.05) is 17.4 Å². The van der Waals surface area contributed by atoms with Gasteiger partial charge in [0.2, 0.25) is 0 Å². The Kier molecular flexibility index (Phi) is 5.51. The van der Waals surface area contributed by atoms with E-state index in [0.29, 0.717) is 17.3 Å². The lowest BCUT2D eigenvalue weighted by atomic mass is 10.2. The molecule has 0 aliphatic rings. The quantitative estimate of drug-likeness (QED) is 0.692. The van der Waals surface area contributed by atoms with Gasteiger partial charge in [0.05, 0.1) is 14.2 Å². The second-order valence-corrected chi connectivity index (χ2v) is 5.77. The first-order valence-electron chi connectivity index (χ1n) is 8.30. The van der Waals surface area contributed by atoms with Gasteiger partial charge in [-0.05, 0) is 42.8 Å². The van der Waals surface area contributed by atoms with Crippen molar-refractivity contribution in [3.63, 3.8) is 0 Å². The van der Waals surface area contributed by atoms with Gasteiger partial charge >= 0.3 is 0 Å². The minimum absolute atomic E-state index is 0.233. The van der Waals surface area contributed by atoms with E-state index in [1.807, 2.05) is 37.3 Å². The third-order valence-corrected chi connectivity index (χ3v) is 3.95. The van der Waals surface area contributed by atoms with Crippen molar-refractivity contribution in [2.24, 2.45) is 0 Å². The highest BCUT2D eigenvalue weighted by molar-refractivity contribution is 6.03. The van der Waals surface area contributed by atoms with E-state index in [-0.39, 0.29) is 11.6 Å². The molecule has 1 heterocycles. The Balaban J connectivity index is 1.70. The Morgan fingerprint density at radius 3 is 2.37 bits per heavy atom. The third-order valence-electron chi connectivity index (χ3n) is 3.95. The number of rotatable bonds is 6. The molecule has 0 fully saturated rings. The van der Waals surface area contributed by atoms with Crippen LogP contribution in [0.15, 0.2) is 54.6 Å². The van der Waals surface area contributed by atoms with Gasteiger partial charge in [0.15, 0.2) is 23.0 Å². The molecule has 0 saturated heterocycles. The van der Waals surface area contributed by atoms with E-state index < -0.39 is 0 Å². The number of benzene rings is 2. The molecule has 0 aliphatic carbocycles. The molecule has 3 rings (SSSR count). The van der Waals surface area contributed by atoms with Crippen molar-refractivity contribution in [2.75, 3.05) is 24.9 Å². The van der Waals surface area contributed by atoms with E-state index in [0.717, 1.165) is 16.9 Å². The number of aryl methyl sites for hydroxylation is 1. The normalized spacial score (nSPS) is 10.2. The SMILES string of the molecule is COc1ccc(Nc2ccc(C(=O)Nc3ccccc3C)nn2)cc1OC. The minimum Gasteiger partial charge on any atom is -0.493 e. The van der Waals surface area contributed by atoms with Crippen LogP contribution in [0, 0.1) is 6.92 Å². The van der Waals surface area contributed by atoms with Crippen molar-refractivity contribution < 1.29 is 14.3 Å². The highest BCUT2D eigenvalue weighted by Crippen LogP contribution is 2.30. The summed E-state index contributed by atoms with van der Waals surface area (Å²) in [5, 5.41) is 14.0. The zero-order chi connectivity index (χ0) is 19.2. The summed E-state index contributed by atoms with van der Waals surface area (Å²) in [6, 6.07) is 16.3. The Morgan fingerprint density at radius 1 is 0.926 bits per heavy atom. The molecule has 7 heteroatoms. The molecule has 0 unspecified atom stereocenters. The van der Waals surface area contributed by atoms with Gasteiger partial charge in [-0.2, -0.15) is 0 Å². The standard InChI is InChI=1S/C20H20N4O3/c1-13-6-4-5-7-15(13)22-20(25)16-9-11-19(24-23-16)21-14-8-10-17(26-2)18(12-14)27-3/h4-12H,1-3H3,(H,21,24)(H,22,25). The molecule has 27 heavy (non-hydrogen) atoms. The van der Waals surface area contributed by atoms with Crippen molar-refractivity contribution in [1.82, 2.24) is 10.2 Å². The maximum absolute atomic E-state index is 12.3.